The number of piperidine rings is 1. The number of Topliss-reactive ketones (excluding diaryl/α,β-unsaturated/α-hetero) is 1. The van der Waals surface area contributed by atoms with Crippen molar-refractivity contribution in [3.05, 3.63) is 96.1 Å². The van der Waals surface area contributed by atoms with Crippen molar-refractivity contribution in [2.75, 3.05) is 6.54 Å². The lowest BCUT2D eigenvalue weighted by Crippen LogP contribution is -2.54. The zero-order valence-corrected chi connectivity index (χ0v) is 25.6. The molecule has 4 aromatic rings. The van der Waals surface area contributed by atoms with Crippen molar-refractivity contribution >= 4 is 28.5 Å². The van der Waals surface area contributed by atoms with Gasteiger partial charge < -0.3 is 20.4 Å². The maximum Gasteiger partial charge on any atom is 0.242 e. The van der Waals surface area contributed by atoms with Gasteiger partial charge in [-0.15, -0.1) is 0 Å². The van der Waals surface area contributed by atoms with Gasteiger partial charge in [0.05, 0.1) is 6.04 Å². The fourth-order valence-corrected chi connectivity index (χ4v) is 6.28. The van der Waals surface area contributed by atoms with Crippen LogP contribution in [0.3, 0.4) is 0 Å². The number of amides is 2. The molecule has 3 aromatic carbocycles. The average molecular weight is 593 g/mol. The third kappa shape index (κ3) is 8.23. The molecule has 3 atom stereocenters. The van der Waals surface area contributed by atoms with Gasteiger partial charge in [-0.3, -0.25) is 14.9 Å². The van der Waals surface area contributed by atoms with Crippen LogP contribution in [0.2, 0.25) is 0 Å². The second-order valence-corrected chi connectivity index (χ2v) is 11.9. The summed E-state index contributed by atoms with van der Waals surface area (Å²) in [6, 6.07) is 27.8. The molecule has 230 valence electrons. The van der Waals surface area contributed by atoms with Gasteiger partial charge in [0, 0.05) is 35.6 Å². The summed E-state index contributed by atoms with van der Waals surface area (Å²) in [5, 5.41) is 10.9. The van der Waals surface area contributed by atoms with Gasteiger partial charge in [-0.05, 0) is 68.2 Å². The largest absolute Gasteiger partial charge is 0.354 e. The van der Waals surface area contributed by atoms with E-state index in [0.29, 0.717) is 25.8 Å². The van der Waals surface area contributed by atoms with Crippen molar-refractivity contribution in [2.45, 2.75) is 82.8 Å². The number of hydrogen-bond acceptors (Lipinski definition) is 4. The molecule has 7 nitrogen and oxygen atoms in total. The lowest BCUT2D eigenvalue weighted by molar-refractivity contribution is -0.130. The Balaban J connectivity index is 1.24. The minimum absolute atomic E-state index is 0.120. The molecule has 0 saturated carbocycles. The second-order valence-electron chi connectivity index (χ2n) is 11.9. The topological polar surface area (TPSA) is 103 Å². The summed E-state index contributed by atoms with van der Waals surface area (Å²) >= 11 is 0. The summed E-state index contributed by atoms with van der Waals surface area (Å²) in [6.07, 6.45) is 6.80. The summed E-state index contributed by atoms with van der Waals surface area (Å²) in [6.45, 7) is 2.06. The molecule has 4 N–H and O–H groups in total. The molecule has 3 unspecified atom stereocenters. The van der Waals surface area contributed by atoms with E-state index in [4.69, 9.17) is 0 Å². The minimum Gasteiger partial charge on any atom is -0.354 e. The molecule has 0 bridgehead atoms. The second kappa shape index (κ2) is 15.5. The summed E-state index contributed by atoms with van der Waals surface area (Å²) < 4.78 is 0. The highest BCUT2D eigenvalue weighted by atomic mass is 16.2. The number of nitrogens with one attached hydrogen (secondary N) is 4. The molecule has 0 aliphatic carbocycles. The molecular weight excluding hydrogens is 548 g/mol. The third-order valence-corrected chi connectivity index (χ3v) is 8.61. The first-order valence-corrected chi connectivity index (χ1v) is 16.0. The summed E-state index contributed by atoms with van der Waals surface area (Å²) in [4.78, 5) is 42.0. The predicted molar refractivity (Wildman–Crippen MR) is 176 cm³/mol. The normalized spacial score (nSPS) is 17.2. The van der Waals surface area contributed by atoms with Crippen LogP contribution < -0.4 is 16.0 Å². The van der Waals surface area contributed by atoms with Crippen LogP contribution in [-0.4, -0.2) is 41.2 Å². The van der Waals surface area contributed by atoms with Crippen LogP contribution >= 0.6 is 0 Å². The minimum atomic E-state index is -0.629. The van der Waals surface area contributed by atoms with Gasteiger partial charge in [0.2, 0.25) is 11.8 Å². The van der Waals surface area contributed by atoms with Crippen LogP contribution in [0.4, 0.5) is 0 Å². The van der Waals surface area contributed by atoms with Gasteiger partial charge in [0.1, 0.15) is 11.8 Å². The van der Waals surface area contributed by atoms with Crippen LogP contribution in [0.15, 0.2) is 84.9 Å². The van der Waals surface area contributed by atoms with Crippen LogP contribution in [0, 0.1) is 0 Å². The molecule has 1 aliphatic heterocycles. The number of ketones is 1. The van der Waals surface area contributed by atoms with Crippen molar-refractivity contribution in [3.63, 3.8) is 0 Å². The van der Waals surface area contributed by atoms with Gasteiger partial charge in [0.25, 0.3) is 0 Å². The summed E-state index contributed by atoms with van der Waals surface area (Å²) in [5.41, 5.74) is 5.58. The summed E-state index contributed by atoms with van der Waals surface area (Å²) in [5.74, 6) is -0.116. The van der Waals surface area contributed by atoms with E-state index < -0.39 is 6.04 Å². The first-order valence-electron chi connectivity index (χ1n) is 16.0. The van der Waals surface area contributed by atoms with E-state index in [9.17, 15) is 14.4 Å². The Kier molecular flexibility index (Phi) is 11.0. The molecule has 44 heavy (non-hydrogen) atoms. The molecule has 0 radical (unpaired) electrons. The highest BCUT2D eigenvalue weighted by Gasteiger charge is 2.30. The average Bonchev–Trinajstić information content (AvgIpc) is 3.43. The van der Waals surface area contributed by atoms with Gasteiger partial charge >= 0.3 is 0 Å². The van der Waals surface area contributed by atoms with Gasteiger partial charge in [-0.2, -0.15) is 0 Å². The van der Waals surface area contributed by atoms with Crippen molar-refractivity contribution in [1.29, 1.82) is 0 Å². The fourth-order valence-electron chi connectivity index (χ4n) is 6.28. The zero-order valence-electron chi connectivity index (χ0n) is 25.6. The Bertz CT molecular complexity index is 1530. The lowest BCUT2D eigenvalue weighted by atomic mass is 9.93. The van der Waals surface area contributed by atoms with Gasteiger partial charge in [0.15, 0.2) is 0 Å². The SMILES string of the molecule is CC(=O)CCCCCC(NC(=O)C1CCCC(c2ccccc2)N1)C(=O)NCCc1c(-c2ccccc2)[nH]c2ccccc12. The molecular formula is C37H44N4O3. The van der Waals surface area contributed by atoms with E-state index in [1.165, 1.54) is 5.56 Å². The molecule has 2 amide bonds. The number of rotatable bonds is 14. The Morgan fingerprint density at radius 1 is 0.864 bits per heavy atom. The van der Waals surface area contributed by atoms with E-state index in [-0.39, 0.29) is 29.7 Å². The fraction of sp³-hybridized carbons (Fsp3) is 0.378. The number of H-pyrrole nitrogens is 1. The third-order valence-electron chi connectivity index (χ3n) is 8.61. The Morgan fingerprint density at radius 2 is 1.59 bits per heavy atom. The predicted octanol–water partition coefficient (Wildman–Crippen LogP) is 6.40. The maximum absolute atomic E-state index is 13.6. The molecule has 0 spiro atoms. The van der Waals surface area contributed by atoms with Gasteiger partial charge in [-0.1, -0.05) is 91.7 Å². The first-order chi connectivity index (χ1) is 21.5. The number of carbonyl (C=O) groups is 3. The Morgan fingerprint density at radius 3 is 2.36 bits per heavy atom. The monoisotopic (exact) mass is 592 g/mol. The number of para-hydroxylation sites is 1. The lowest BCUT2D eigenvalue weighted by Gasteiger charge is -2.31. The molecule has 2 heterocycles. The van der Waals surface area contributed by atoms with E-state index in [0.717, 1.165) is 66.2 Å². The number of hydrogen-bond donors (Lipinski definition) is 4. The first kappa shape index (κ1) is 31.2. The Hall–Kier alpha value is -4.23. The van der Waals surface area contributed by atoms with Crippen molar-refractivity contribution in [2.24, 2.45) is 0 Å². The van der Waals surface area contributed by atoms with E-state index in [1.807, 2.05) is 48.5 Å². The molecule has 1 fully saturated rings. The van der Waals surface area contributed by atoms with Crippen LogP contribution in [-0.2, 0) is 20.8 Å². The van der Waals surface area contributed by atoms with Crippen LogP contribution in [0.25, 0.3) is 22.2 Å². The van der Waals surface area contributed by atoms with Crippen LogP contribution in [0.1, 0.15) is 75.5 Å². The van der Waals surface area contributed by atoms with Crippen molar-refractivity contribution in [1.82, 2.24) is 20.9 Å². The van der Waals surface area contributed by atoms with E-state index >= 15 is 0 Å². The van der Waals surface area contributed by atoms with Crippen LogP contribution in [0.5, 0.6) is 0 Å². The van der Waals surface area contributed by atoms with Crippen molar-refractivity contribution < 1.29 is 14.4 Å². The number of fused-ring (bicyclic) bond motifs is 1. The molecule has 7 heteroatoms. The Labute approximate surface area is 260 Å². The van der Waals surface area contributed by atoms with E-state index in [2.05, 4.69) is 57.3 Å². The van der Waals surface area contributed by atoms with Gasteiger partial charge in [-0.25, -0.2) is 0 Å². The number of unbranched alkanes of at least 4 members (excludes halogenated alkanes) is 2. The number of benzene rings is 3. The van der Waals surface area contributed by atoms with E-state index in [1.54, 1.807) is 6.92 Å². The maximum atomic E-state index is 13.6. The van der Waals surface area contributed by atoms with Crippen molar-refractivity contribution in [3.8, 4) is 11.3 Å². The number of aromatic amines is 1. The molecule has 1 aliphatic rings. The zero-order chi connectivity index (χ0) is 30.7. The smallest absolute Gasteiger partial charge is 0.242 e. The highest BCUT2D eigenvalue weighted by molar-refractivity contribution is 5.91. The number of aromatic nitrogens is 1. The molecule has 1 saturated heterocycles. The number of carbonyl (C=O) groups excluding carboxylic acids is 3. The molecule has 1 aromatic heterocycles. The summed E-state index contributed by atoms with van der Waals surface area (Å²) in [7, 11) is 0. The highest BCUT2D eigenvalue weighted by Crippen LogP contribution is 2.30. The molecule has 5 rings (SSSR count). The quantitative estimate of drug-likeness (QED) is 0.127. The standard InChI is InChI=1S/C37H44N4O3/c1-26(42)14-5-2-10-21-33(41-37(44)34-23-13-22-31(39-34)27-15-6-3-7-16-27)36(43)38-25-24-30-29-19-11-12-20-32(29)40-35(30)28-17-8-4-9-18-28/h3-4,6-9,11-12,15-20,31,33-34,39-40H,2,5,10,13-14,21-25H2,1H3,(H,38,43)(H,41,44).